The van der Waals surface area contributed by atoms with Gasteiger partial charge in [0.15, 0.2) is 0 Å². The van der Waals surface area contributed by atoms with Crippen LogP contribution in [0.3, 0.4) is 0 Å². The van der Waals surface area contributed by atoms with Gasteiger partial charge >= 0.3 is 0 Å². The second kappa shape index (κ2) is 8.57. The van der Waals surface area contributed by atoms with Crippen molar-refractivity contribution in [2.45, 2.75) is 11.0 Å². The maximum atomic E-state index is 5.81. The van der Waals surface area contributed by atoms with Crippen LogP contribution in [0.5, 0.6) is 5.75 Å². The van der Waals surface area contributed by atoms with E-state index in [2.05, 4.69) is 30.5 Å². The van der Waals surface area contributed by atoms with Crippen LogP contribution in [0.4, 0.5) is 17.6 Å². The van der Waals surface area contributed by atoms with Crippen LogP contribution < -0.4 is 15.8 Å². The van der Waals surface area contributed by atoms with Gasteiger partial charge in [0.2, 0.25) is 17.8 Å². The number of methoxy groups -OCH3 is 1. The normalized spacial score (nSPS) is 10.7. The van der Waals surface area contributed by atoms with Crippen LogP contribution in [0.1, 0.15) is 5.82 Å². The first kappa shape index (κ1) is 18.7. The molecule has 0 unspecified atom stereocenters. The SMILES string of the molecule is COc1ccc(-c2nnc(SCc3nc(N)nc(Nc4ccccc4)n3)o2)cc1. The summed E-state index contributed by atoms with van der Waals surface area (Å²) in [7, 11) is 1.62. The Morgan fingerprint density at radius 2 is 1.79 bits per heavy atom. The molecule has 0 aliphatic rings. The molecule has 2 aromatic carbocycles. The lowest BCUT2D eigenvalue weighted by atomic mass is 10.2. The number of nitrogens with one attached hydrogen (secondary N) is 1. The molecule has 10 heteroatoms. The third-order valence-corrected chi connectivity index (χ3v) is 4.61. The molecule has 4 rings (SSSR count). The fourth-order valence-electron chi connectivity index (χ4n) is 2.45. The average Bonchev–Trinajstić information content (AvgIpc) is 3.22. The lowest BCUT2D eigenvalue weighted by molar-refractivity contribution is 0.414. The Labute approximate surface area is 170 Å². The summed E-state index contributed by atoms with van der Waals surface area (Å²) >= 11 is 1.32. The monoisotopic (exact) mass is 407 g/mol. The van der Waals surface area contributed by atoms with E-state index in [1.807, 2.05) is 54.6 Å². The molecule has 0 saturated carbocycles. The zero-order chi connectivity index (χ0) is 20.1. The number of hydrogen-bond acceptors (Lipinski definition) is 10. The molecule has 2 aromatic heterocycles. The highest BCUT2D eigenvalue weighted by Gasteiger charge is 2.12. The maximum absolute atomic E-state index is 5.81. The zero-order valence-electron chi connectivity index (χ0n) is 15.4. The van der Waals surface area contributed by atoms with Crippen LogP contribution >= 0.6 is 11.8 Å². The second-order valence-corrected chi connectivity index (χ2v) is 6.74. The van der Waals surface area contributed by atoms with E-state index < -0.39 is 0 Å². The Bertz CT molecular complexity index is 1090. The molecule has 0 spiro atoms. The van der Waals surface area contributed by atoms with E-state index in [1.54, 1.807) is 7.11 Å². The first-order valence-corrected chi connectivity index (χ1v) is 9.61. The topological polar surface area (TPSA) is 125 Å². The number of nitrogens with two attached hydrogens (primary N) is 1. The van der Waals surface area contributed by atoms with Crippen molar-refractivity contribution in [3.8, 4) is 17.2 Å². The summed E-state index contributed by atoms with van der Waals surface area (Å²) in [5.74, 6) is 2.61. The van der Waals surface area contributed by atoms with E-state index in [9.17, 15) is 0 Å². The second-order valence-electron chi connectivity index (χ2n) is 5.81. The zero-order valence-corrected chi connectivity index (χ0v) is 16.3. The van der Waals surface area contributed by atoms with Gasteiger partial charge in [-0.15, -0.1) is 10.2 Å². The number of anilines is 3. The summed E-state index contributed by atoms with van der Waals surface area (Å²) in [4.78, 5) is 12.7. The van der Waals surface area contributed by atoms with Crippen molar-refractivity contribution in [1.29, 1.82) is 0 Å². The van der Waals surface area contributed by atoms with Crippen molar-refractivity contribution in [3.05, 3.63) is 60.4 Å². The van der Waals surface area contributed by atoms with E-state index in [1.165, 1.54) is 11.8 Å². The van der Waals surface area contributed by atoms with E-state index >= 15 is 0 Å². The van der Waals surface area contributed by atoms with Gasteiger partial charge in [-0.25, -0.2) is 0 Å². The summed E-state index contributed by atoms with van der Waals surface area (Å²) in [6.45, 7) is 0. The number of rotatable bonds is 7. The standard InChI is InChI=1S/C19H17N7O2S/c1-27-14-9-7-12(8-10-14)16-25-26-19(28-16)29-11-15-22-17(20)24-18(23-15)21-13-5-3-2-4-6-13/h2-10H,11H2,1H3,(H3,20,21,22,23,24). The molecule has 0 aliphatic heterocycles. The van der Waals surface area contributed by atoms with Crippen LogP contribution in [0.15, 0.2) is 64.2 Å². The summed E-state index contributed by atoms with van der Waals surface area (Å²) in [5, 5.41) is 11.7. The predicted octanol–water partition coefficient (Wildman–Crippen LogP) is 3.55. The molecule has 146 valence electrons. The van der Waals surface area contributed by atoms with Gasteiger partial charge in [0.1, 0.15) is 11.6 Å². The van der Waals surface area contributed by atoms with Crippen LogP contribution in [-0.4, -0.2) is 32.3 Å². The Morgan fingerprint density at radius 3 is 2.55 bits per heavy atom. The number of aromatic nitrogens is 5. The minimum atomic E-state index is 0.137. The van der Waals surface area contributed by atoms with Crippen molar-refractivity contribution >= 4 is 29.3 Å². The van der Waals surface area contributed by atoms with E-state index in [-0.39, 0.29) is 5.95 Å². The Kier molecular flexibility index (Phi) is 5.52. The molecule has 29 heavy (non-hydrogen) atoms. The molecule has 0 saturated heterocycles. The molecule has 3 N–H and O–H groups in total. The number of nitrogen functional groups attached to an aromatic ring is 1. The van der Waals surface area contributed by atoms with Gasteiger partial charge < -0.3 is 20.2 Å². The minimum Gasteiger partial charge on any atom is -0.497 e. The van der Waals surface area contributed by atoms with Gasteiger partial charge in [-0.1, -0.05) is 30.0 Å². The van der Waals surface area contributed by atoms with Crippen molar-refractivity contribution < 1.29 is 9.15 Å². The summed E-state index contributed by atoms with van der Waals surface area (Å²) in [6, 6.07) is 17.0. The van der Waals surface area contributed by atoms with Crippen molar-refractivity contribution in [1.82, 2.24) is 25.1 Å². The molecule has 0 aliphatic carbocycles. The number of benzene rings is 2. The van der Waals surface area contributed by atoms with Gasteiger partial charge in [0.05, 0.1) is 12.9 Å². The molecular formula is C19H17N7O2S. The number of para-hydroxylation sites is 1. The smallest absolute Gasteiger partial charge is 0.277 e. The van der Waals surface area contributed by atoms with E-state index in [0.29, 0.717) is 28.6 Å². The number of ether oxygens (including phenoxy) is 1. The average molecular weight is 407 g/mol. The van der Waals surface area contributed by atoms with Gasteiger partial charge in [-0.2, -0.15) is 15.0 Å². The van der Waals surface area contributed by atoms with E-state index in [0.717, 1.165) is 17.0 Å². The molecule has 4 aromatic rings. The summed E-state index contributed by atoms with van der Waals surface area (Å²) in [6.07, 6.45) is 0. The molecule has 2 heterocycles. The fraction of sp³-hybridized carbons (Fsp3) is 0.105. The third-order valence-electron chi connectivity index (χ3n) is 3.80. The van der Waals surface area contributed by atoms with Crippen molar-refractivity contribution in [3.63, 3.8) is 0 Å². The highest BCUT2D eigenvalue weighted by atomic mass is 32.2. The fourth-order valence-corrected chi connectivity index (χ4v) is 3.07. The highest BCUT2D eigenvalue weighted by molar-refractivity contribution is 7.98. The van der Waals surface area contributed by atoms with Crippen LogP contribution in [0.2, 0.25) is 0 Å². The predicted molar refractivity (Wildman–Crippen MR) is 110 cm³/mol. The Hall–Kier alpha value is -3.66. The molecular weight excluding hydrogens is 390 g/mol. The quantitative estimate of drug-likeness (QED) is 0.439. The van der Waals surface area contributed by atoms with Crippen molar-refractivity contribution in [2.75, 3.05) is 18.2 Å². The van der Waals surface area contributed by atoms with Gasteiger partial charge in [0.25, 0.3) is 5.22 Å². The molecule has 0 amide bonds. The van der Waals surface area contributed by atoms with Crippen LogP contribution in [0.25, 0.3) is 11.5 Å². The molecule has 0 fully saturated rings. The van der Waals surface area contributed by atoms with Gasteiger partial charge in [0, 0.05) is 11.3 Å². The van der Waals surface area contributed by atoms with E-state index in [4.69, 9.17) is 14.9 Å². The minimum absolute atomic E-state index is 0.137. The lowest BCUT2D eigenvalue weighted by Crippen LogP contribution is -2.06. The van der Waals surface area contributed by atoms with Crippen LogP contribution in [-0.2, 0) is 5.75 Å². The molecule has 0 atom stereocenters. The summed E-state index contributed by atoms with van der Waals surface area (Å²) < 4.78 is 10.9. The summed E-state index contributed by atoms with van der Waals surface area (Å²) in [5.41, 5.74) is 7.48. The molecule has 0 radical (unpaired) electrons. The maximum Gasteiger partial charge on any atom is 0.277 e. The first-order valence-electron chi connectivity index (χ1n) is 8.63. The lowest BCUT2D eigenvalue weighted by Gasteiger charge is -2.06. The highest BCUT2D eigenvalue weighted by Crippen LogP contribution is 2.26. The van der Waals surface area contributed by atoms with Crippen molar-refractivity contribution in [2.24, 2.45) is 0 Å². The largest absolute Gasteiger partial charge is 0.497 e. The van der Waals surface area contributed by atoms with Gasteiger partial charge in [-0.05, 0) is 36.4 Å². The Morgan fingerprint density at radius 1 is 1.00 bits per heavy atom. The first-order chi connectivity index (χ1) is 14.2. The van der Waals surface area contributed by atoms with Gasteiger partial charge in [-0.3, -0.25) is 0 Å². The number of thioether (sulfide) groups is 1. The Balaban J connectivity index is 1.43. The molecule has 0 bridgehead atoms. The number of hydrogen-bond donors (Lipinski definition) is 2. The molecule has 9 nitrogen and oxygen atoms in total. The van der Waals surface area contributed by atoms with Crippen LogP contribution in [0, 0.1) is 0 Å². The number of nitrogens with zero attached hydrogens (tertiary/aromatic N) is 5. The third kappa shape index (κ3) is 4.79.